The molecule has 114 valence electrons. The van der Waals surface area contributed by atoms with Gasteiger partial charge in [-0.15, -0.1) is 0 Å². The maximum atomic E-state index is 10.9. The SMILES string of the molecule is [N-]=[N+]=N[C@H]1[C@H]([C@H](O)[C@H](O)CO)O[C@@](O)(C(=O)O)C[C@@H]1O. The number of carbonyl (C=O) groups is 1. The molecule has 11 nitrogen and oxygen atoms in total. The minimum absolute atomic E-state index is 0.787. The number of aliphatic hydroxyl groups is 5. The summed E-state index contributed by atoms with van der Waals surface area (Å²) in [6.07, 6.45) is -7.73. The topological polar surface area (TPSA) is 196 Å². The zero-order chi connectivity index (χ0) is 15.5. The van der Waals surface area contributed by atoms with Crippen LogP contribution in [0.5, 0.6) is 0 Å². The van der Waals surface area contributed by atoms with Crippen molar-refractivity contribution in [2.24, 2.45) is 5.11 Å². The number of ether oxygens (including phenoxy) is 1. The molecule has 0 aromatic carbocycles. The van der Waals surface area contributed by atoms with E-state index in [0.717, 1.165) is 0 Å². The highest BCUT2D eigenvalue weighted by molar-refractivity contribution is 5.75. The third kappa shape index (κ3) is 3.16. The molecule has 11 heteroatoms. The van der Waals surface area contributed by atoms with Crippen molar-refractivity contribution in [3.63, 3.8) is 0 Å². The lowest BCUT2D eigenvalue weighted by Crippen LogP contribution is -2.62. The first-order chi connectivity index (χ1) is 9.26. The molecule has 1 saturated heterocycles. The summed E-state index contributed by atoms with van der Waals surface area (Å²) in [5.41, 5.74) is 8.39. The van der Waals surface area contributed by atoms with Gasteiger partial charge in [0, 0.05) is 11.3 Å². The average molecular weight is 293 g/mol. The van der Waals surface area contributed by atoms with Gasteiger partial charge < -0.3 is 35.4 Å². The van der Waals surface area contributed by atoms with Gasteiger partial charge in [0.1, 0.15) is 18.3 Å². The summed E-state index contributed by atoms with van der Waals surface area (Å²) in [6.45, 7) is -0.883. The summed E-state index contributed by atoms with van der Waals surface area (Å²) in [6, 6.07) is -1.43. The Kier molecular flexibility index (Phi) is 5.25. The Bertz CT molecular complexity index is 414. The minimum Gasteiger partial charge on any atom is -0.477 e. The lowest BCUT2D eigenvalue weighted by Gasteiger charge is -2.42. The molecule has 1 aliphatic heterocycles. The van der Waals surface area contributed by atoms with E-state index in [0.29, 0.717) is 0 Å². The van der Waals surface area contributed by atoms with E-state index in [1.807, 2.05) is 0 Å². The van der Waals surface area contributed by atoms with Crippen LogP contribution in [0.25, 0.3) is 10.4 Å². The second kappa shape index (κ2) is 6.33. The van der Waals surface area contributed by atoms with Crippen molar-refractivity contribution >= 4 is 5.97 Å². The van der Waals surface area contributed by atoms with E-state index in [-0.39, 0.29) is 0 Å². The molecule has 0 aromatic rings. The maximum Gasteiger partial charge on any atom is 0.364 e. The second-order valence-electron chi connectivity index (χ2n) is 4.38. The number of aliphatic hydroxyl groups excluding tert-OH is 4. The van der Waals surface area contributed by atoms with Crippen LogP contribution in [0.1, 0.15) is 6.42 Å². The number of nitrogens with zero attached hydrogens (tertiary/aromatic N) is 3. The van der Waals surface area contributed by atoms with E-state index < -0.39 is 55.2 Å². The Morgan fingerprint density at radius 1 is 1.55 bits per heavy atom. The van der Waals surface area contributed by atoms with Crippen molar-refractivity contribution < 1.29 is 40.2 Å². The van der Waals surface area contributed by atoms with Gasteiger partial charge >= 0.3 is 5.97 Å². The van der Waals surface area contributed by atoms with E-state index in [1.54, 1.807) is 0 Å². The molecule has 1 fully saturated rings. The molecule has 0 amide bonds. The molecule has 1 rings (SSSR count). The molecule has 0 spiro atoms. The first kappa shape index (κ1) is 16.6. The maximum absolute atomic E-state index is 10.9. The number of hydrogen-bond acceptors (Lipinski definition) is 8. The van der Waals surface area contributed by atoms with Crippen LogP contribution in [-0.4, -0.2) is 79.5 Å². The summed E-state index contributed by atoms with van der Waals surface area (Å²) in [5.74, 6) is -4.62. The van der Waals surface area contributed by atoms with Crippen molar-refractivity contribution in [1.82, 2.24) is 0 Å². The average Bonchev–Trinajstić information content (AvgIpc) is 2.39. The highest BCUT2D eigenvalue weighted by Crippen LogP contribution is 2.32. The van der Waals surface area contributed by atoms with Gasteiger partial charge in [-0.25, -0.2) is 4.79 Å². The predicted octanol–water partition coefficient (Wildman–Crippen LogP) is -2.70. The van der Waals surface area contributed by atoms with Gasteiger partial charge in [0.15, 0.2) is 0 Å². The minimum atomic E-state index is -2.80. The van der Waals surface area contributed by atoms with E-state index in [1.165, 1.54) is 0 Å². The van der Waals surface area contributed by atoms with E-state index in [9.17, 15) is 25.2 Å². The molecule has 6 N–H and O–H groups in total. The van der Waals surface area contributed by atoms with Crippen LogP contribution in [0, 0.1) is 0 Å². The lowest BCUT2D eigenvalue weighted by atomic mass is 9.89. The van der Waals surface area contributed by atoms with Crippen LogP contribution in [0.2, 0.25) is 0 Å². The van der Waals surface area contributed by atoms with Gasteiger partial charge in [-0.3, -0.25) is 0 Å². The van der Waals surface area contributed by atoms with E-state index in [2.05, 4.69) is 10.0 Å². The van der Waals surface area contributed by atoms with Gasteiger partial charge in [0.2, 0.25) is 0 Å². The van der Waals surface area contributed by atoms with Crippen molar-refractivity contribution in [1.29, 1.82) is 0 Å². The molecule has 20 heavy (non-hydrogen) atoms. The fourth-order valence-corrected chi connectivity index (χ4v) is 1.90. The van der Waals surface area contributed by atoms with Crippen LogP contribution in [0.4, 0.5) is 0 Å². The summed E-state index contributed by atoms with van der Waals surface area (Å²) < 4.78 is 4.77. The Morgan fingerprint density at radius 2 is 2.15 bits per heavy atom. The van der Waals surface area contributed by atoms with Gasteiger partial charge in [0.05, 0.1) is 18.8 Å². The molecule has 1 aliphatic rings. The van der Waals surface area contributed by atoms with E-state index >= 15 is 0 Å². The molecule has 0 bridgehead atoms. The molecular formula is C9H15N3O8. The fourth-order valence-electron chi connectivity index (χ4n) is 1.90. The number of rotatable bonds is 5. The van der Waals surface area contributed by atoms with Gasteiger partial charge in [-0.05, 0) is 5.53 Å². The van der Waals surface area contributed by atoms with Crippen LogP contribution in [0.15, 0.2) is 5.11 Å². The summed E-state index contributed by atoms with van der Waals surface area (Å²) >= 11 is 0. The zero-order valence-corrected chi connectivity index (χ0v) is 10.1. The Morgan fingerprint density at radius 3 is 2.60 bits per heavy atom. The van der Waals surface area contributed by atoms with Gasteiger partial charge in [-0.2, -0.15) is 0 Å². The smallest absolute Gasteiger partial charge is 0.364 e. The lowest BCUT2D eigenvalue weighted by molar-refractivity contribution is -0.292. The standard InChI is InChI=1S/C9H15N3O8/c10-12-11-5-3(14)1-9(19,8(17)18)20-7(5)6(16)4(15)2-13/h3-7,13-16,19H,1-2H2,(H,17,18)/t3-,4+,5+,6+,7+,9+/m0/s1. The van der Waals surface area contributed by atoms with Crippen LogP contribution < -0.4 is 0 Å². The van der Waals surface area contributed by atoms with Crippen LogP contribution >= 0.6 is 0 Å². The molecule has 0 saturated carbocycles. The van der Waals surface area contributed by atoms with Crippen molar-refractivity contribution in [2.75, 3.05) is 6.61 Å². The van der Waals surface area contributed by atoms with Crippen LogP contribution in [0.3, 0.4) is 0 Å². The Labute approximate surface area is 112 Å². The second-order valence-corrected chi connectivity index (χ2v) is 4.38. The monoisotopic (exact) mass is 293 g/mol. The molecule has 0 unspecified atom stereocenters. The van der Waals surface area contributed by atoms with Crippen molar-refractivity contribution in [3.05, 3.63) is 10.4 Å². The van der Waals surface area contributed by atoms with Crippen molar-refractivity contribution in [3.8, 4) is 0 Å². The van der Waals surface area contributed by atoms with Crippen LogP contribution in [-0.2, 0) is 9.53 Å². The quantitative estimate of drug-likeness (QED) is 0.179. The van der Waals surface area contributed by atoms with Gasteiger partial charge in [-0.1, -0.05) is 5.11 Å². The Balaban J connectivity index is 3.10. The number of carboxylic acids is 1. The zero-order valence-electron chi connectivity index (χ0n) is 10.1. The third-order valence-corrected chi connectivity index (χ3v) is 2.98. The summed E-state index contributed by atoms with van der Waals surface area (Å²) in [4.78, 5) is 13.3. The number of azide groups is 1. The first-order valence-corrected chi connectivity index (χ1v) is 5.59. The van der Waals surface area contributed by atoms with E-state index in [4.69, 9.17) is 20.5 Å². The van der Waals surface area contributed by atoms with Crippen molar-refractivity contribution in [2.45, 2.75) is 42.7 Å². The highest BCUT2D eigenvalue weighted by Gasteiger charge is 2.53. The molecule has 0 aromatic heterocycles. The normalized spacial score (nSPS) is 36.8. The largest absolute Gasteiger partial charge is 0.477 e. The molecular weight excluding hydrogens is 278 g/mol. The fraction of sp³-hybridized carbons (Fsp3) is 0.889. The Hall–Kier alpha value is -1.46. The third-order valence-electron chi connectivity index (χ3n) is 2.98. The molecule has 0 radical (unpaired) electrons. The predicted molar refractivity (Wildman–Crippen MR) is 60.1 cm³/mol. The summed E-state index contributed by atoms with van der Waals surface area (Å²) in [7, 11) is 0. The number of aliphatic carboxylic acids is 1. The summed E-state index contributed by atoms with van der Waals surface area (Å²) in [5, 5.41) is 59.3. The molecule has 6 atom stereocenters. The number of carboxylic acid groups (broad SMARTS) is 1. The highest BCUT2D eigenvalue weighted by atomic mass is 16.7. The molecule has 1 heterocycles. The van der Waals surface area contributed by atoms with Gasteiger partial charge in [0.25, 0.3) is 5.79 Å². The number of hydrogen-bond donors (Lipinski definition) is 6. The molecule has 0 aliphatic carbocycles. The first-order valence-electron chi connectivity index (χ1n) is 5.59.